The lowest BCUT2D eigenvalue weighted by Gasteiger charge is -2.21. The van der Waals surface area contributed by atoms with Crippen LogP contribution in [0.1, 0.15) is 5.56 Å². The van der Waals surface area contributed by atoms with Crippen LogP contribution in [0, 0.1) is 0 Å². The molecule has 3 rings (SSSR count). The number of hydrogen-bond acceptors (Lipinski definition) is 3. The summed E-state index contributed by atoms with van der Waals surface area (Å²) in [6.45, 7) is 0.416. The molecule has 1 aliphatic rings. The van der Waals surface area contributed by atoms with Gasteiger partial charge in [-0.1, -0.05) is 48.5 Å². The van der Waals surface area contributed by atoms with Crippen LogP contribution >= 0.6 is 11.8 Å². The molecule has 1 fully saturated rings. The lowest BCUT2D eigenvalue weighted by atomic mass is 9.99. The molecule has 1 unspecified atom stereocenters. The van der Waals surface area contributed by atoms with E-state index in [1.54, 1.807) is 4.90 Å². The molecule has 2 aromatic rings. The van der Waals surface area contributed by atoms with Crippen molar-refractivity contribution in [3.05, 3.63) is 66.2 Å². The third-order valence-corrected chi connectivity index (χ3v) is 4.74. The van der Waals surface area contributed by atoms with Gasteiger partial charge in [-0.2, -0.15) is 0 Å². The number of nitrogens with zero attached hydrogens (tertiary/aromatic N) is 1. The number of para-hydroxylation sites is 1. The van der Waals surface area contributed by atoms with Gasteiger partial charge in [-0.15, -0.1) is 0 Å². The third-order valence-electron chi connectivity index (χ3n) is 3.57. The van der Waals surface area contributed by atoms with Crippen molar-refractivity contribution in [3.8, 4) is 0 Å². The first-order valence-corrected chi connectivity index (χ1v) is 7.60. The van der Waals surface area contributed by atoms with E-state index in [0.29, 0.717) is 13.0 Å². The first-order valence-electron chi connectivity index (χ1n) is 6.78. The maximum absolute atomic E-state index is 12.3. The standard InChI is InChI=1S/C17H15NO2S/c19-13-17(11-14-7-3-1-4-8-14)12-18(16(20)21-17)15-9-5-2-6-10-15/h1-10,13H,11-12H2. The number of carbonyl (C=O) groups excluding carboxylic acids is 2. The van der Waals surface area contributed by atoms with Gasteiger partial charge in [0.25, 0.3) is 5.24 Å². The Morgan fingerprint density at radius 2 is 1.67 bits per heavy atom. The van der Waals surface area contributed by atoms with E-state index in [-0.39, 0.29) is 5.24 Å². The third kappa shape index (κ3) is 2.85. The Morgan fingerprint density at radius 1 is 1.05 bits per heavy atom. The van der Waals surface area contributed by atoms with E-state index in [2.05, 4.69) is 0 Å². The minimum absolute atomic E-state index is 0.0655. The van der Waals surface area contributed by atoms with Crippen molar-refractivity contribution in [2.24, 2.45) is 0 Å². The van der Waals surface area contributed by atoms with E-state index in [9.17, 15) is 9.59 Å². The lowest BCUT2D eigenvalue weighted by molar-refractivity contribution is -0.109. The summed E-state index contributed by atoms with van der Waals surface area (Å²) in [5.41, 5.74) is 1.91. The summed E-state index contributed by atoms with van der Waals surface area (Å²) < 4.78 is -0.700. The van der Waals surface area contributed by atoms with Crippen molar-refractivity contribution in [3.63, 3.8) is 0 Å². The highest BCUT2D eigenvalue weighted by molar-refractivity contribution is 8.16. The van der Waals surface area contributed by atoms with Crippen LogP contribution in [0.4, 0.5) is 10.5 Å². The zero-order valence-corrected chi connectivity index (χ0v) is 12.3. The number of anilines is 1. The van der Waals surface area contributed by atoms with Crippen LogP contribution in [0.2, 0.25) is 0 Å². The summed E-state index contributed by atoms with van der Waals surface area (Å²) in [5.74, 6) is 0. The molecule has 0 aromatic heterocycles. The molecular weight excluding hydrogens is 282 g/mol. The lowest BCUT2D eigenvalue weighted by Crippen LogP contribution is -2.36. The van der Waals surface area contributed by atoms with Gasteiger partial charge in [0.2, 0.25) is 0 Å². The molecule has 1 aliphatic heterocycles. The zero-order chi connectivity index (χ0) is 14.7. The second-order valence-corrected chi connectivity index (χ2v) is 6.50. The Labute approximate surface area is 128 Å². The summed E-state index contributed by atoms with van der Waals surface area (Å²) in [6, 6.07) is 19.3. The first kappa shape index (κ1) is 13.9. The highest BCUT2D eigenvalue weighted by Gasteiger charge is 2.44. The zero-order valence-electron chi connectivity index (χ0n) is 11.4. The van der Waals surface area contributed by atoms with Gasteiger partial charge < -0.3 is 9.69 Å². The van der Waals surface area contributed by atoms with E-state index in [1.807, 2.05) is 60.7 Å². The number of rotatable bonds is 4. The molecule has 1 atom stereocenters. The molecule has 3 nitrogen and oxygen atoms in total. The number of amides is 1. The largest absolute Gasteiger partial charge is 0.302 e. The van der Waals surface area contributed by atoms with Gasteiger partial charge >= 0.3 is 0 Å². The van der Waals surface area contributed by atoms with Crippen LogP contribution in [0.15, 0.2) is 60.7 Å². The average Bonchev–Trinajstić information content (AvgIpc) is 2.86. The van der Waals surface area contributed by atoms with Crippen LogP contribution in [0.25, 0.3) is 0 Å². The van der Waals surface area contributed by atoms with Crippen LogP contribution in [0.3, 0.4) is 0 Å². The second kappa shape index (κ2) is 5.74. The fourth-order valence-electron chi connectivity index (χ4n) is 2.53. The predicted molar refractivity (Wildman–Crippen MR) is 85.7 cm³/mol. The quantitative estimate of drug-likeness (QED) is 0.810. The number of aldehydes is 1. The van der Waals surface area contributed by atoms with Crippen LogP contribution in [-0.4, -0.2) is 22.8 Å². The predicted octanol–water partition coefficient (Wildman–Crippen LogP) is 3.54. The van der Waals surface area contributed by atoms with Gasteiger partial charge in [-0.25, -0.2) is 0 Å². The van der Waals surface area contributed by atoms with Crippen molar-refractivity contribution >= 4 is 29.0 Å². The second-order valence-electron chi connectivity index (χ2n) is 5.13. The Kier molecular flexibility index (Phi) is 3.80. The first-order chi connectivity index (χ1) is 10.2. The Hall–Kier alpha value is -2.07. The fraction of sp³-hybridized carbons (Fsp3) is 0.176. The van der Waals surface area contributed by atoms with Crippen molar-refractivity contribution in [1.82, 2.24) is 0 Å². The van der Waals surface area contributed by atoms with E-state index in [1.165, 1.54) is 0 Å². The Bertz CT molecular complexity index is 644. The molecule has 1 saturated heterocycles. The molecule has 0 aliphatic carbocycles. The molecule has 0 radical (unpaired) electrons. The van der Waals surface area contributed by atoms with E-state index >= 15 is 0 Å². The smallest absolute Gasteiger partial charge is 0.287 e. The van der Waals surface area contributed by atoms with Crippen molar-refractivity contribution in [1.29, 1.82) is 0 Å². The van der Waals surface area contributed by atoms with Gasteiger partial charge in [0, 0.05) is 12.2 Å². The number of benzene rings is 2. The van der Waals surface area contributed by atoms with Gasteiger partial charge in [0.1, 0.15) is 11.0 Å². The van der Waals surface area contributed by atoms with Gasteiger partial charge in [0.05, 0.1) is 0 Å². The maximum Gasteiger partial charge on any atom is 0.287 e. The minimum Gasteiger partial charge on any atom is -0.302 e. The Morgan fingerprint density at radius 3 is 2.29 bits per heavy atom. The molecule has 0 N–H and O–H groups in total. The van der Waals surface area contributed by atoms with Crippen LogP contribution in [-0.2, 0) is 11.2 Å². The highest BCUT2D eigenvalue weighted by atomic mass is 32.2. The molecule has 4 heteroatoms. The topological polar surface area (TPSA) is 37.4 Å². The molecule has 0 bridgehead atoms. The minimum atomic E-state index is -0.700. The molecule has 2 aromatic carbocycles. The van der Waals surface area contributed by atoms with Crippen molar-refractivity contribution < 1.29 is 9.59 Å². The SMILES string of the molecule is O=CC1(Cc2ccccc2)CN(c2ccccc2)C(=O)S1. The molecular formula is C17H15NO2S. The molecule has 1 heterocycles. The number of hydrogen-bond donors (Lipinski definition) is 0. The highest BCUT2D eigenvalue weighted by Crippen LogP contribution is 2.39. The molecule has 0 saturated carbocycles. The van der Waals surface area contributed by atoms with Crippen LogP contribution < -0.4 is 4.90 Å². The summed E-state index contributed by atoms with van der Waals surface area (Å²) in [4.78, 5) is 25.6. The van der Waals surface area contributed by atoms with Gasteiger partial charge in [0.15, 0.2) is 0 Å². The van der Waals surface area contributed by atoms with Crippen molar-refractivity contribution in [2.75, 3.05) is 11.4 Å². The summed E-state index contributed by atoms with van der Waals surface area (Å²) in [6.07, 6.45) is 1.49. The average molecular weight is 297 g/mol. The monoisotopic (exact) mass is 297 g/mol. The molecule has 106 valence electrons. The molecule has 21 heavy (non-hydrogen) atoms. The Balaban J connectivity index is 1.85. The van der Waals surface area contributed by atoms with Gasteiger partial charge in [-0.3, -0.25) is 4.79 Å². The van der Waals surface area contributed by atoms with E-state index in [0.717, 1.165) is 29.3 Å². The molecule has 0 spiro atoms. The molecule has 1 amide bonds. The summed E-state index contributed by atoms with van der Waals surface area (Å²) in [5, 5.41) is -0.0655. The van der Waals surface area contributed by atoms with Crippen molar-refractivity contribution in [2.45, 2.75) is 11.2 Å². The number of thioether (sulfide) groups is 1. The fourth-order valence-corrected chi connectivity index (χ4v) is 3.64. The van der Waals surface area contributed by atoms with Gasteiger partial charge in [-0.05, 0) is 35.9 Å². The van der Waals surface area contributed by atoms with E-state index < -0.39 is 4.75 Å². The number of carbonyl (C=O) groups is 2. The van der Waals surface area contributed by atoms with Crippen LogP contribution in [0.5, 0.6) is 0 Å². The van der Waals surface area contributed by atoms with E-state index in [4.69, 9.17) is 0 Å². The maximum atomic E-state index is 12.3. The summed E-state index contributed by atoms with van der Waals surface area (Å²) >= 11 is 1.13. The summed E-state index contributed by atoms with van der Waals surface area (Å²) in [7, 11) is 0. The normalized spacial score (nSPS) is 21.5.